The van der Waals surface area contributed by atoms with Crippen molar-refractivity contribution in [2.24, 2.45) is 0 Å². The molecule has 0 aliphatic carbocycles. The number of aromatic amines is 1. The van der Waals surface area contributed by atoms with Crippen molar-refractivity contribution in [3.63, 3.8) is 0 Å². The van der Waals surface area contributed by atoms with E-state index in [9.17, 15) is 24.3 Å². The van der Waals surface area contributed by atoms with Gasteiger partial charge in [0.25, 0.3) is 17.7 Å². The fraction of sp³-hybridized carbons (Fsp3) is 0.192. The van der Waals surface area contributed by atoms with Crippen LogP contribution in [-0.2, 0) is 16.1 Å². The summed E-state index contributed by atoms with van der Waals surface area (Å²) >= 11 is 0.974. The Labute approximate surface area is 221 Å². The predicted molar refractivity (Wildman–Crippen MR) is 140 cm³/mol. The zero-order valence-electron chi connectivity index (χ0n) is 20.5. The van der Waals surface area contributed by atoms with E-state index in [-0.39, 0.29) is 29.6 Å². The Morgan fingerprint density at radius 3 is 2.61 bits per heavy atom. The van der Waals surface area contributed by atoms with Gasteiger partial charge in [-0.1, -0.05) is 18.2 Å². The first-order valence-corrected chi connectivity index (χ1v) is 12.3. The summed E-state index contributed by atoms with van der Waals surface area (Å²) in [7, 11) is 1.18. The average molecular weight is 536 g/mol. The lowest BCUT2D eigenvalue weighted by Crippen LogP contribution is -2.49. The first kappa shape index (κ1) is 26.4. The number of carbonyl (C=O) groups is 4. The number of fused-ring (bicyclic) bond motifs is 1. The van der Waals surface area contributed by atoms with Crippen LogP contribution in [0.4, 0.5) is 0 Å². The van der Waals surface area contributed by atoms with E-state index in [4.69, 9.17) is 4.74 Å². The van der Waals surface area contributed by atoms with Crippen LogP contribution in [-0.4, -0.2) is 58.5 Å². The number of methoxy groups -OCH3 is 1. The molecule has 196 valence electrons. The summed E-state index contributed by atoms with van der Waals surface area (Å²) in [6, 6.07) is 12.0. The zero-order chi connectivity index (χ0) is 27.2. The maximum absolute atomic E-state index is 13.0. The first-order valence-electron chi connectivity index (χ1n) is 11.5. The summed E-state index contributed by atoms with van der Waals surface area (Å²) in [5.74, 6) is -2.08. The van der Waals surface area contributed by atoms with E-state index >= 15 is 0 Å². The van der Waals surface area contributed by atoms with E-state index in [0.717, 1.165) is 16.9 Å². The van der Waals surface area contributed by atoms with Crippen LogP contribution >= 0.6 is 11.3 Å². The topological polar surface area (TPSA) is 163 Å². The van der Waals surface area contributed by atoms with Crippen LogP contribution in [0.25, 0.3) is 11.0 Å². The third-order valence-electron chi connectivity index (χ3n) is 5.66. The summed E-state index contributed by atoms with van der Waals surface area (Å²) < 4.78 is 4.80. The molecule has 3 amide bonds. The van der Waals surface area contributed by atoms with Gasteiger partial charge in [-0.3, -0.25) is 14.4 Å². The number of hydrogen-bond acceptors (Lipinski definition) is 8. The van der Waals surface area contributed by atoms with Gasteiger partial charge in [0.2, 0.25) is 0 Å². The zero-order valence-corrected chi connectivity index (χ0v) is 21.3. The highest BCUT2D eigenvalue weighted by molar-refractivity contribution is 7.16. The lowest BCUT2D eigenvalue weighted by molar-refractivity contribution is -0.142. The Bertz CT molecular complexity index is 1510. The SMILES string of the molecule is COC(=O)[C@H](CNC(=O)c1cccc2[nH]cnc12)NC(=O)c1sc(C(=O)NCc2cccc(O)c2)cc1C. The summed E-state index contributed by atoms with van der Waals surface area (Å²) in [4.78, 5) is 58.4. The molecule has 0 spiro atoms. The van der Waals surface area contributed by atoms with Crippen LogP contribution in [0.15, 0.2) is 54.9 Å². The third-order valence-corrected chi connectivity index (χ3v) is 6.90. The molecule has 0 aliphatic rings. The summed E-state index contributed by atoms with van der Waals surface area (Å²) in [5.41, 5.74) is 2.75. The molecule has 2 aromatic heterocycles. The molecule has 0 saturated carbocycles. The molecule has 0 fully saturated rings. The van der Waals surface area contributed by atoms with Crippen molar-refractivity contribution in [1.29, 1.82) is 0 Å². The van der Waals surface area contributed by atoms with Crippen molar-refractivity contribution < 1.29 is 29.0 Å². The molecule has 12 heteroatoms. The van der Waals surface area contributed by atoms with Gasteiger partial charge in [-0.05, 0) is 48.4 Å². The van der Waals surface area contributed by atoms with Crippen molar-refractivity contribution in [3.05, 3.63) is 81.3 Å². The number of esters is 1. The van der Waals surface area contributed by atoms with Gasteiger partial charge in [0.05, 0.1) is 34.3 Å². The van der Waals surface area contributed by atoms with Crippen molar-refractivity contribution in [2.75, 3.05) is 13.7 Å². The van der Waals surface area contributed by atoms with Gasteiger partial charge in [0.1, 0.15) is 17.3 Å². The number of hydrogen-bond donors (Lipinski definition) is 5. The third kappa shape index (κ3) is 5.98. The molecule has 5 N–H and O–H groups in total. The minimum atomic E-state index is -1.17. The van der Waals surface area contributed by atoms with E-state index in [0.29, 0.717) is 27.0 Å². The molecule has 0 bridgehead atoms. The minimum Gasteiger partial charge on any atom is -0.508 e. The molecule has 0 saturated heterocycles. The van der Waals surface area contributed by atoms with Crippen LogP contribution in [0.3, 0.4) is 0 Å². The molecule has 38 heavy (non-hydrogen) atoms. The van der Waals surface area contributed by atoms with Crippen LogP contribution in [0.2, 0.25) is 0 Å². The van der Waals surface area contributed by atoms with E-state index < -0.39 is 23.8 Å². The number of para-hydroxylation sites is 1. The number of thiophene rings is 1. The Balaban J connectivity index is 1.40. The predicted octanol–water partition coefficient (Wildman–Crippen LogP) is 2.27. The number of amides is 3. The molecule has 1 atom stereocenters. The summed E-state index contributed by atoms with van der Waals surface area (Å²) in [5, 5.41) is 17.5. The second-order valence-electron chi connectivity index (χ2n) is 8.34. The number of nitrogens with one attached hydrogen (secondary N) is 4. The number of imidazole rings is 1. The van der Waals surface area contributed by atoms with Crippen molar-refractivity contribution in [2.45, 2.75) is 19.5 Å². The van der Waals surface area contributed by atoms with Crippen molar-refractivity contribution in [3.8, 4) is 5.75 Å². The Kier molecular flexibility index (Phi) is 8.02. The van der Waals surface area contributed by atoms with Crippen LogP contribution in [0, 0.1) is 6.92 Å². The minimum absolute atomic E-state index is 0.0946. The van der Waals surface area contributed by atoms with Gasteiger partial charge < -0.3 is 30.8 Å². The fourth-order valence-electron chi connectivity index (χ4n) is 3.75. The molecule has 11 nitrogen and oxygen atoms in total. The van der Waals surface area contributed by atoms with E-state index in [1.54, 1.807) is 49.4 Å². The second-order valence-corrected chi connectivity index (χ2v) is 9.39. The number of phenolic OH excluding ortho intramolecular Hbond substituents is 1. The summed E-state index contributed by atoms with van der Waals surface area (Å²) in [6.45, 7) is 1.65. The number of phenols is 1. The smallest absolute Gasteiger partial charge is 0.330 e. The lowest BCUT2D eigenvalue weighted by atomic mass is 10.1. The van der Waals surface area contributed by atoms with Crippen molar-refractivity contribution in [1.82, 2.24) is 25.9 Å². The van der Waals surface area contributed by atoms with E-state index in [2.05, 4.69) is 25.9 Å². The highest BCUT2D eigenvalue weighted by Gasteiger charge is 2.26. The molecular formula is C26H25N5O6S. The quantitative estimate of drug-likeness (QED) is 0.205. The van der Waals surface area contributed by atoms with Gasteiger partial charge in [-0.15, -0.1) is 11.3 Å². The first-order chi connectivity index (χ1) is 18.3. The number of ether oxygens (including phenoxy) is 1. The number of aryl methyl sites for hydroxylation is 1. The summed E-state index contributed by atoms with van der Waals surface area (Å²) in [6.07, 6.45) is 1.48. The highest BCUT2D eigenvalue weighted by atomic mass is 32.1. The Morgan fingerprint density at radius 2 is 1.84 bits per heavy atom. The number of aromatic hydroxyl groups is 1. The number of rotatable bonds is 9. The molecule has 0 radical (unpaired) electrons. The second kappa shape index (κ2) is 11.6. The van der Waals surface area contributed by atoms with Gasteiger partial charge in [0, 0.05) is 13.1 Å². The maximum atomic E-state index is 13.0. The number of nitrogens with zero attached hydrogens (tertiary/aromatic N) is 1. The standard InChI is InChI=1S/C26H25N5O6S/c1-14-9-20(24(34)27-11-15-5-3-6-16(32)10-15)38-22(14)25(35)31-19(26(36)37-2)12-28-23(33)17-7-4-8-18-21(17)30-13-29-18/h3-10,13,19,32H,11-12H2,1-2H3,(H,27,34)(H,28,33)(H,29,30)(H,31,35)/t19-/m0/s1. The number of carbonyl (C=O) groups excluding carboxylic acids is 4. The molecule has 4 rings (SSSR count). The Morgan fingerprint density at radius 1 is 1.05 bits per heavy atom. The van der Waals surface area contributed by atoms with Gasteiger partial charge in [0.15, 0.2) is 0 Å². The number of benzene rings is 2. The van der Waals surface area contributed by atoms with Crippen LogP contribution in [0.1, 0.15) is 40.8 Å². The largest absolute Gasteiger partial charge is 0.508 e. The average Bonchev–Trinajstić information content (AvgIpc) is 3.55. The van der Waals surface area contributed by atoms with Gasteiger partial charge in [-0.2, -0.15) is 0 Å². The normalized spacial score (nSPS) is 11.5. The Hall–Kier alpha value is -4.71. The molecular weight excluding hydrogens is 510 g/mol. The molecule has 0 unspecified atom stereocenters. The molecule has 0 aliphatic heterocycles. The molecule has 2 aromatic carbocycles. The molecule has 2 heterocycles. The van der Waals surface area contributed by atoms with Crippen LogP contribution in [0.5, 0.6) is 5.75 Å². The van der Waals surface area contributed by atoms with E-state index in [1.807, 2.05) is 0 Å². The highest BCUT2D eigenvalue weighted by Crippen LogP contribution is 2.22. The fourth-order valence-corrected chi connectivity index (χ4v) is 4.75. The lowest BCUT2D eigenvalue weighted by Gasteiger charge is -2.17. The van der Waals surface area contributed by atoms with Crippen LogP contribution < -0.4 is 16.0 Å². The molecule has 4 aromatic rings. The monoisotopic (exact) mass is 535 g/mol. The number of H-pyrrole nitrogens is 1. The van der Waals surface area contributed by atoms with Gasteiger partial charge in [-0.25, -0.2) is 9.78 Å². The number of aromatic nitrogens is 2. The van der Waals surface area contributed by atoms with Crippen molar-refractivity contribution >= 4 is 46.1 Å². The maximum Gasteiger partial charge on any atom is 0.330 e. The van der Waals surface area contributed by atoms with E-state index in [1.165, 1.54) is 19.5 Å². The van der Waals surface area contributed by atoms with Gasteiger partial charge >= 0.3 is 5.97 Å².